The Bertz CT molecular complexity index is 610. The molecular formula is C17H19NO2. The number of pyridine rings is 1. The van der Waals surface area contributed by atoms with Gasteiger partial charge in [0.1, 0.15) is 5.75 Å². The van der Waals surface area contributed by atoms with Crippen molar-refractivity contribution in [2.75, 3.05) is 0 Å². The van der Waals surface area contributed by atoms with Gasteiger partial charge in [-0.1, -0.05) is 32.9 Å². The van der Waals surface area contributed by atoms with Crippen LogP contribution in [0.1, 0.15) is 42.3 Å². The molecule has 0 aliphatic rings. The fourth-order valence-corrected chi connectivity index (χ4v) is 1.86. The quantitative estimate of drug-likeness (QED) is 0.780. The topological polar surface area (TPSA) is 39.2 Å². The second-order valence-electron chi connectivity index (χ2n) is 5.88. The van der Waals surface area contributed by atoms with E-state index in [1.54, 1.807) is 12.1 Å². The van der Waals surface area contributed by atoms with Gasteiger partial charge in [0.25, 0.3) is 0 Å². The Hall–Kier alpha value is -2.16. The Labute approximate surface area is 119 Å². The third-order valence-corrected chi connectivity index (χ3v) is 3.15. The van der Waals surface area contributed by atoms with E-state index in [2.05, 4.69) is 37.9 Å². The van der Waals surface area contributed by atoms with Gasteiger partial charge in [-0.25, -0.2) is 4.98 Å². The lowest BCUT2D eigenvalue weighted by molar-refractivity contribution is 0.112. The number of carbonyl (C=O) groups excluding carboxylic acids is 1. The minimum atomic E-state index is 0.118. The second-order valence-corrected chi connectivity index (χ2v) is 5.88. The zero-order chi connectivity index (χ0) is 14.8. The standard InChI is InChI=1S/C17H19NO2/c1-12-9-14(17(2,3)4)6-7-15(12)20-16-8-5-13(11-19)10-18-16/h5-11H,1-4H3. The van der Waals surface area contributed by atoms with Gasteiger partial charge in [-0.3, -0.25) is 4.79 Å². The van der Waals surface area contributed by atoms with Crippen LogP contribution in [-0.2, 0) is 5.41 Å². The minimum Gasteiger partial charge on any atom is -0.439 e. The molecule has 104 valence electrons. The molecule has 1 aromatic carbocycles. The molecule has 2 aromatic rings. The largest absolute Gasteiger partial charge is 0.439 e. The highest BCUT2D eigenvalue weighted by Gasteiger charge is 2.15. The van der Waals surface area contributed by atoms with Crippen molar-refractivity contribution in [1.82, 2.24) is 4.98 Å². The van der Waals surface area contributed by atoms with Crippen LogP contribution in [-0.4, -0.2) is 11.3 Å². The zero-order valence-corrected chi connectivity index (χ0v) is 12.3. The van der Waals surface area contributed by atoms with Crippen LogP contribution < -0.4 is 4.74 Å². The molecule has 0 atom stereocenters. The predicted octanol–water partition coefficient (Wildman–Crippen LogP) is 4.29. The molecule has 0 spiro atoms. The summed E-state index contributed by atoms with van der Waals surface area (Å²) in [5.41, 5.74) is 3.00. The number of nitrogens with zero attached hydrogens (tertiary/aromatic N) is 1. The molecule has 1 aromatic heterocycles. The van der Waals surface area contributed by atoms with Crippen molar-refractivity contribution in [3.05, 3.63) is 53.2 Å². The molecule has 0 amide bonds. The van der Waals surface area contributed by atoms with Gasteiger partial charge >= 0.3 is 0 Å². The molecule has 0 unspecified atom stereocenters. The first-order valence-electron chi connectivity index (χ1n) is 6.60. The van der Waals surface area contributed by atoms with E-state index < -0.39 is 0 Å². The molecule has 0 bridgehead atoms. The Kier molecular flexibility index (Phi) is 3.89. The Morgan fingerprint density at radius 3 is 2.40 bits per heavy atom. The van der Waals surface area contributed by atoms with E-state index in [-0.39, 0.29) is 5.41 Å². The molecule has 0 aliphatic heterocycles. The summed E-state index contributed by atoms with van der Waals surface area (Å²) in [5, 5.41) is 0. The molecule has 0 aliphatic carbocycles. The average Bonchev–Trinajstić information content (AvgIpc) is 2.41. The van der Waals surface area contributed by atoms with Crippen molar-refractivity contribution in [1.29, 1.82) is 0 Å². The predicted molar refractivity (Wildman–Crippen MR) is 79.6 cm³/mol. The van der Waals surface area contributed by atoms with Crippen LogP contribution in [0.25, 0.3) is 0 Å². The van der Waals surface area contributed by atoms with Crippen molar-refractivity contribution >= 4 is 6.29 Å². The van der Waals surface area contributed by atoms with Gasteiger partial charge in [0.2, 0.25) is 5.88 Å². The highest BCUT2D eigenvalue weighted by atomic mass is 16.5. The van der Waals surface area contributed by atoms with E-state index in [9.17, 15) is 4.79 Å². The number of aldehydes is 1. The van der Waals surface area contributed by atoms with Crippen molar-refractivity contribution in [3.8, 4) is 11.6 Å². The number of benzene rings is 1. The molecule has 0 saturated heterocycles. The maximum Gasteiger partial charge on any atom is 0.219 e. The molecule has 20 heavy (non-hydrogen) atoms. The van der Waals surface area contributed by atoms with Gasteiger partial charge in [0, 0.05) is 17.8 Å². The maximum absolute atomic E-state index is 10.6. The van der Waals surface area contributed by atoms with Crippen molar-refractivity contribution < 1.29 is 9.53 Å². The van der Waals surface area contributed by atoms with Gasteiger partial charge in [-0.15, -0.1) is 0 Å². The third kappa shape index (κ3) is 3.23. The first-order chi connectivity index (χ1) is 9.40. The molecule has 0 fully saturated rings. The maximum atomic E-state index is 10.6. The van der Waals surface area contributed by atoms with E-state index in [4.69, 9.17) is 4.74 Å². The summed E-state index contributed by atoms with van der Waals surface area (Å²) in [6.45, 7) is 8.57. The molecular weight excluding hydrogens is 250 g/mol. The highest BCUT2D eigenvalue weighted by Crippen LogP contribution is 2.29. The molecule has 0 N–H and O–H groups in total. The molecule has 0 saturated carbocycles. The third-order valence-electron chi connectivity index (χ3n) is 3.15. The minimum absolute atomic E-state index is 0.118. The zero-order valence-electron chi connectivity index (χ0n) is 12.3. The van der Waals surface area contributed by atoms with Gasteiger partial charge in [0.15, 0.2) is 6.29 Å². The summed E-state index contributed by atoms with van der Waals surface area (Å²) in [5.74, 6) is 1.27. The Balaban J connectivity index is 2.23. The van der Waals surface area contributed by atoms with Gasteiger partial charge in [0.05, 0.1) is 0 Å². The number of aromatic nitrogens is 1. The number of ether oxygens (including phenoxy) is 1. The summed E-state index contributed by atoms with van der Waals surface area (Å²) in [7, 11) is 0. The first kappa shape index (κ1) is 14.3. The molecule has 3 nitrogen and oxygen atoms in total. The lowest BCUT2D eigenvalue weighted by Gasteiger charge is -2.20. The van der Waals surface area contributed by atoms with E-state index in [1.807, 2.05) is 13.0 Å². The van der Waals surface area contributed by atoms with Crippen molar-refractivity contribution in [3.63, 3.8) is 0 Å². The number of aryl methyl sites for hydroxylation is 1. The summed E-state index contributed by atoms with van der Waals surface area (Å²) in [6.07, 6.45) is 2.27. The fourth-order valence-electron chi connectivity index (χ4n) is 1.86. The average molecular weight is 269 g/mol. The summed E-state index contributed by atoms with van der Waals surface area (Å²) in [4.78, 5) is 14.7. The van der Waals surface area contributed by atoms with E-state index in [0.717, 1.165) is 17.6 Å². The van der Waals surface area contributed by atoms with Crippen LogP contribution >= 0.6 is 0 Å². The number of hydrogen-bond acceptors (Lipinski definition) is 3. The smallest absolute Gasteiger partial charge is 0.219 e. The number of hydrogen-bond donors (Lipinski definition) is 0. The SMILES string of the molecule is Cc1cc(C(C)(C)C)ccc1Oc1ccc(C=O)cn1. The Morgan fingerprint density at radius 2 is 1.90 bits per heavy atom. The molecule has 0 radical (unpaired) electrons. The van der Waals surface area contributed by atoms with Gasteiger partial charge in [-0.05, 0) is 35.6 Å². The van der Waals surface area contributed by atoms with Gasteiger partial charge < -0.3 is 4.74 Å². The molecule has 2 rings (SSSR count). The summed E-state index contributed by atoms with van der Waals surface area (Å²) < 4.78 is 5.75. The number of carbonyl (C=O) groups is 1. The Morgan fingerprint density at radius 1 is 1.15 bits per heavy atom. The van der Waals surface area contributed by atoms with Crippen LogP contribution in [0.4, 0.5) is 0 Å². The first-order valence-corrected chi connectivity index (χ1v) is 6.60. The number of rotatable bonds is 3. The highest BCUT2D eigenvalue weighted by molar-refractivity contribution is 5.74. The fraction of sp³-hybridized carbons (Fsp3) is 0.294. The van der Waals surface area contributed by atoms with Crippen molar-refractivity contribution in [2.24, 2.45) is 0 Å². The van der Waals surface area contributed by atoms with E-state index in [0.29, 0.717) is 11.4 Å². The summed E-state index contributed by atoms with van der Waals surface area (Å²) in [6, 6.07) is 9.55. The monoisotopic (exact) mass is 269 g/mol. The van der Waals surface area contributed by atoms with Gasteiger partial charge in [-0.2, -0.15) is 0 Å². The van der Waals surface area contributed by atoms with Crippen LogP contribution in [0.2, 0.25) is 0 Å². The van der Waals surface area contributed by atoms with E-state index in [1.165, 1.54) is 11.8 Å². The van der Waals surface area contributed by atoms with Crippen molar-refractivity contribution in [2.45, 2.75) is 33.1 Å². The van der Waals surface area contributed by atoms with Crippen LogP contribution in [0.15, 0.2) is 36.5 Å². The van der Waals surface area contributed by atoms with E-state index >= 15 is 0 Å². The summed E-state index contributed by atoms with van der Waals surface area (Å²) >= 11 is 0. The lowest BCUT2D eigenvalue weighted by Crippen LogP contribution is -2.11. The lowest BCUT2D eigenvalue weighted by atomic mass is 9.86. The van der Waals surface area contributed by atoms with Crippen LogP contribution in [0.5, 0.6) is 11.6 Å². The normalized spacial score (nSPS) is 11.2. The second kappa shape index (κ2) is 5.45. The van der Waals surface area contributed by atoms with Crippen LogP contribution in [0, 0.1) is 6.92 Å². The molecule has 3 heteroatoms. The van der Waals surface area contributed by atoms with Crippen LogP contribution in [0.3, 0.4) is 0 Å². The molecule has 1 heterocycles.